The number of anilines is 1. The van der Waals surface area contributed by atoms with E-state index in [4.69, 9.17) is 5.26 Å². The molecular weight excluding hydrogens is 294 g/mol. The Morgan fingerprint density at radius 1 is 1.45 bits per heavy atom. The van der Waals surface area contributed by atoms with Crippen molar-refractivity contribution in [2.45, 2.75) is 26.4 Å². The van der Waals surface area contributed by atoms with E-state index < -0.39 is 0 Å². The first-order valence-electron chi connectivity index (χ1n) is 7.17. The molecule has 1 heterocycles. The monoisotopic (exact) mass is 314 g/mol. The van der Waals surface area contributed by atoms with Gasteiger partial charge in [0.1, 0.15) is 6.54 Å². The van der Waals surface area contributed by atoms with Crippen LogP contribution in [0, 0.1) is 18.3 Å². The molecule has 0 aliphatic heterocycles. The van der Waals surface area contributed by atoms with E-state index in [9.17, 15) is 4.79 Å². The van der Waals surface area contributed by atoms with Crippen LogP contribution in [0.1, 0.15) is 22.9 Å². The number of benzene rings is 1. The predicted molar refractivity (Wildman–Crippen MR) is 88.9 cm³/mol. The fraction of sp³-hybridized carbons (Fsp3) is 0.294. The lowest BCUT2D eigenvalue weighted by atomic mass is 10.2. The SMILES string of the molecule is Cc1ccsc1C[NH+](C)[C@@H](C)C(=O)Nc1cccc(C#N)c1. The standard InChI is InChI=1S/C17H19N3OS/c1-12-7-8-22-16(12)11-20(3)13(2)17(21)19-15-6-4-5-14(9-15)10-18/h4-9,13H,11H2,1-3H3,(H,19,21)/p+1/t13-/m0/s1. The molecule has 114 valence electrons. The van der Waals surface area contributed by atoms with E-state index in [-0.39, 0.29) is 11.9 Å². The van der Waals surface area contributed by atoms with Crippen LogP contribution in [0.5, 0.6) is 0 Å². The molecule has 2 aromatic rings. The van der Waals surface area contributed by atoms with Crippen molar-refractivity contribution in [2.75, 3.05) is 12.4 Å². The van der Waals surface area contributed by atoms with Gasteiger partial charge in [-0.1, -0.05) is 6.07 Å². The van der Waals surface area contributed by atoms with Gasteiger partial charge in [-0.2, -0.15) is 5.26 Å². The van der Waals surface area contributed by atoms with E-state index in [1.807, 2.05) is 14.0 Å². The van der Waals surface area contributed by atoms with E-state index in [0.29, 0.717) is 11.3 Å². The van der Waals surface area contributed by atoms with Crippen molar-refractivity contribution < 1.29 is 9.69 Å². The molecule has 0 fully saturated rings. The first-order valence-corrected chi connectivity index (χ1v) is 8.05. The molecule has 2 atom stereocenters. The van der Waals surface area contributed by atoms with E-state index >= 15 is 0 Å². The van der Waals surface area contributed by atoms with Crippen LogP contribution in [0.3, 0.4) is 0 Å². The zero-order chi connectivity index (χ0) is 16.1. The fourth-order valence-corrected chi connectivity index (χ4v) is 3.13. The van der Waals surface area contributed by atoms with Gasteiger partial charge in [-0.3, -0.25) is 4.79 Å². The van der Waals surface area contributed by atoms with Crippen molar-refractivity contribution in [3.8, 4) is 6.07 Å². The van der Waals surface area contributed by atoms with Crippen LogP contribution in [0.25, 0.3) is 0 Å². The molecule has 1 aromatic heterocycles. The van der Waals surface area contributed by atoms with Crippen LogP contribution in [-0.4, -0.2) is 19.0 Å². The summed E-state index contributed by atoms with van der Waals surface area (Å²) in [5.74, 6) is -0.0400. The maximum atomic E-state index is 12.4. The second kappa shape index (κ2) is 7.21. The van der Waals surface area contributed by atoms with Crippen LogP contribution in [0.4, 0.5) is 5.69 Å². The summed E-state index contributed by atoms with van der Waals surface area (Å²) in [6.45, 7) is 4.84. The van der Waals surface area contributed by atoms with Gasteiger partial charge in [0.05, 0.1) is 23.6 Å². The minimum Gasteiger partial charge on any atom is -0.323 e. The Morgan fingerprint density at radius 3 is 2.86 bits per heavy atom. The highest BCUT2D eigenvalue weighted by molar-refractivity contribution is 7.10. The maximum Gasteiger partial charge on any atom is 0.282 e. The zero-order valence-electron chi connectivity index (χ0n) is 13.0. The largest absolute Gasteiger partial charge is 0.323 e. The molecule has 2 N–H and O–H groups in total. The topological polar surface area (TPSA) is 57.3 Å². The Bertz CT molecular complexity index is 702. The third-order valence-corrected chi connectivity index (χ3v) is 4.82. The second-order valence-corrected chi connectivity index (χ2v) is 6.45. The van der Waals surface area contributed by atoms with Gasteiger partial charge >= 0.3 is 0 Å². The number of hydrogen-bond donors (Lipinski definition) is 2. The van der Waals surface area contributed by atoms with Gasteiger partial charge in [-0.25, -0.2) is 0 Å². The van der Waals surface area contributed by atoms with Gasteiger partial charge in [-0.05, 0) is 49.1 Å². The van der Waals surface area contributed by atoms with Gasteiger partial charge in [0.25, 0.3) is 5.91 Å². The molecule has 2 rings (SSSR count). The molecule has 0 aliphatic rings. The maximum absolute atomic E-state index is 12.4. The number of carbonyl (C=O) groups is 1. The number of carbonyl (C=O) groups excluding carboxylic acids is 1. The molecule has 0 bridgehead atoms. The average molecular weight is 314 g/mol. The van der Waals surface area contributed by atoms with E-state index in [0.717, 1.165) is 11.4 Å². The third-order valence-electron chi connectivity index (χ3n) is 3.80. The lowest BCUT2D eigenvalue weighted by Gasteiger charge is -2.21. The van der Waals surface area contributed by atoms with Crippen LogP contribution >= 0.6 is 11.3 Å². The molecule has 0 spiro atoms. The quantitative estimate of drug-likeness (QED) is 0.886. The Kier molecular flexibility index (Phi) is 5.31. The van der Waals surface area contributed by atoms with Gasteiger partial charge in [0.2, 0.25) is 0 Å². The molecule has 0 saturated carbocycles. The van der Waals surface area contributed by atoms with Gasteiger partial charge < -0.3 is 10.2 Å². The van der Waals surface area contributed by atoms with Crippen molar-refractivity contribution in [1.29, 1.82) is 5.26 Å². The second-order valence-electron chi connectivity index (χ2n) is 5.45. The van der Waals surface area contributed by atoms with Crippen molar-refractivity contribution in [3.05, 3.63) is 51.7 Å². The van der Waals surface area contributed by atoms with Gasteiger partial charge in [-0.15, -0.1) is 11.3 Å². The van der Waals surface area contributed by atoms with Crippen molar-refractivity contribution in [1.82, 2.24) is 0 Å². The van der Waals surface area contributed by atoms with Crippen LogP contribution in [0.2, 0.25) is 0 Å². The van der Waals surface area contributed by atoms with Gasteiger partial charge in [0.15, 0.2) is 6.04 Å². The summed E-state index contributed by atoms with van der Waals surface area (Å²) in [5.41, 5.74) is 2.48. The number of quaternary nitrogens is 1. The summed E-state index contributed by atoms with van der Waals surface area (Å²) in [5, 5.41) is 13.9. The average Bonchev–Trinajstić information content (AvgIpc) is 2.91. The highest BCUT2D eigenvalue weighted by Gasteiger charge is 2.22. The number of rotatable bonds is 5. The summed E-state index contributed by atoms with van der Waals surface area (Å²) in [6.07, 6.45) is 0. The van der Waals surface area contributed by atoms with Crippen molar-refractivity contribution in [3.63, 3.8) is 0 Å². The summed E-state index contributed by atoms with van der Waals surface area (Å²) in [4.78, 5) is 14.8. The number of thiophene rings is 1. The summed E-state index contributed by atoms with van der Waals surface area (Å²) >= 11 is 1.73. The predicted octanol–water partition coefficient (Wildman–Crippen LogP) is 1.97. The molecule has 0 radical (unpaired) electrons. The fourth-order valence-electron chi connectivity index (χ4n) is 2.13. The molecular formula is C17H20N3OS+. The highest BCUT2D eigenvalue weighted by atomic mass is 32.1. The number of hydrogen-bond acceptors (Lipinski definition) is 3. The summed E-state index contributed by atoms with van der Waals surface area (Å²) in [7, 11) is 2.02. The Morgan fingerprint density at radius 2 is 2.23 bits per heavy atom. The smallest absolute Gasteiger partial charge is 0.282 e. The first-order chi connectivity index (χ1) is 10.5. The molecule has 4 nitrogen and oxygen atoms in total. The molecule has 0 aliphatic carbocycles. The van der Waals surface area contributed by atoms with E-state index in [2.05, 4.69) is 29.8 Å². The molecule has 5 heteroatoms. The number of likely N-dealkylation sites (N-methyl/N-ethyl adjacent to an activating group) is 1. The minimum atomic E-state index is -0.174. The van der Waals surface area contributed by atoms with E-state index in [1.165, 1.54) is 10.4 Å². The molecule has 0 saturated heterocycles. The first kappa shape index (κ1) is 16.2. The number of aryl methyl sites for hydroxylation is 1. The third kappa shape index (κ3) is 3.94. The minimum absolute atomic E-state index is 0.0400. The molecule has 1 aromatic carbocycles. The van der Waals surface area contributed by atoms with Gasteiger partial charge in [0, 0.05) is 5.69 Å². The number of amides is 1. The van der Waals surface area contributed by atoms with Crippen molar-refractivity contribution in [2.24, 2.45) is 0 Å². The normalized spacial score (nSPS) is 13.2. The lowest BCUT2D eigenvalue weighted by Crippen LogP contribution is -3.12. The molecule has 22 heavy (non-hydrogen) atoms. The van der Waals surface area contributed by atoms with Crippen LogP contribution in [0.15, 0.2) is 35.7 Å². The number of nitrogens with zero attached hydrogens (tertiary/aromatic N) is 1. The Labute approximate surface area is 135 Å². The van der Waals surface area contributed by atoms with Crippen molar-refractivity contribution >= 4 is 22.9 Å². The molecule has 1 unspecified atom stereocenters. The lowest BCUT2D eigenvalue weighted by molar-refractivity contribution is -0.907. The van der Waals surface area contributed by atoms with Crippen LogP contribution < -0.4 is 10.2 Å². The van der Waals surface area contributed by atoms with Crippen LogP contribution in [-0.2, 0) is 11.3 Å². The van der Waals surface area contributed by atoms with E-state index in [1.54, 1.807) is 35.6 Å². The Balaban J connectivity index is 1.99. The molecule has 1 amide bonds. The summed E-state index contributed by atoms with van der Waals surface area (Å²) in [6, 6.07) is 11.0. The highest BCUT2D eigenvalue weighted by Crippen LogP contribution is 2.14. The number of nitrogens with one attached hydrogen (secondary N) is 2. The summed E-state index contributed by atoms with van der Waals surface area (Å²) < 4.78 is 0. The number of nitriles is 1. The Hall–Kier alpha value is -2.16. The zero-order valence-corrected chi connectivity index (χ0v) is 13.8.